The monoisotopic (exact) mass is 711 g/mol. The van der Waals surface area contributed by atoms with Gasteiger partial charge in [-0.1, -0.05) is 92.7 Å². The Bertz CT molecular complexity index is 2000. The molecule has 0 radical (unpaired) electrons. The molecule has 0 aliphatic carbocycles. The van der Waals surface area contributed by atoms with E-state index in [0.29, 0.717) is 6.61 Å². The lowest BCUT2D eigenvalue weighted by molar-refractivity contribution is -0.142. The summed E-state index contributed by atoms with van der Waals surface area (Å²) >= 11 is 0. The lowest BCUT2D eigenvalue weighted by Gasteiger charge is -2.34. The molecule has 10 nitrogen and oxygen atoms in total. The molecular formula is C43H49N7O3. The van der Waals surface area contributed by atoms with E-state index < -0.39 is 0 Å². The van der Waals surface area contributed by atoms with Crippen LogP contribution >= 0.6 is 0 Å². The highest BCUT2D eigenvalue weighted by atomic mass is 16.5. The molecule has 3 fully saturated rings. The van der Waals surface area contributed by atoms with Gasteiger partial charge >= 0.3 is 0 Å². The summed E-state index contributed by atoms with van der Waals surface area (Å²) < 4.78 is 5.68. The van der Waals surface area contributed by atoms with E-state index in [1.807, 2.05) is 40.4 Å². The number of aromatic nitrogens is 4. The number of benzene rings is 3. The van der Waals surface area contributed by atoms with Crippen LogP contribution in [0, 0.1) is 0 Å². The summed E-state index contributed by atoms with van der Waals surface area (Å²) in [5, 5.41) is 0. The Balaban J connectivity index is 0.934. The summed E-state index contributed by atoms with van der Waals surface area (Å²) in [6.45, 7) is 7.99. The topological polar surface area (TPSA) is 110 Å². The molecule has 274 valence electrons. The highest BCUT2D eigenvalue weighted by Gasteiger charge is 2.39. The number of ether oxygens (including phenoxy) is 1. The minimum Gasteiger partial charge on any atom is -0.368 e. The number of hydrogen-bond acceptors (Lipinski definition) is 6. The van der Waals surface area contributed by atoms with Gasteiger partial charge in [-0.3, -0.25) is 14.5 Å². The number of nitrogens with one attached hydrogen (secondary N) is 2. The van der Waals surface area contributed by atoms with Crippen molar-refractivity contribution in [2.24, 2.45) is 0 Å². The number of nitrogens with zero attached hydrogens (tertiary/aromatic N) is 5. The fourth-order valence-corrected chi connectivity index (χ4v) is 8.47. The van der Waals surface area contributed by atoms with Crippen LogP contribution in [0.25, 0.3) is 33.6 Å². The molecule has 3 saturated heterocycles. The van der Waals surface area contributed by atoms with Gasteiger partial charge in [-0.25, -0.2) is 9.97 Å². The van der Waals surface area contributed by atoms with Crippen molar-refractivity contribution in [3.63, 3.8) is 0 Å². The Hall–Kier alpha value is -5.06. The first-order valence-electron chi connectivity index (χ1n) is 19.3. The summed E-state index contributed by atoms with van der Waals surface area (Å²) in [4.78, 5) is 50.1. The molecule has 3 aliphatic rings. The lowest BCUT2D eigenvalue weighted by Crippen LogP contribution is -2.43. The van der Waals surface area contributed by atoms with Crippen molar-refractivity contribution in [3.8, 4) is 33.6 Å². The van der Waals surface area contributed by atoms with Crippen molar-refractivity contribution in [3.05, 3.63) is 108 Å². The van der Waals surface area contributed by atoms with Crippen molar-refractivity contribution in [1.29, 1.82) is 0 Å². The van der Waals surface area contributed by atoms with E-state index in [4.69, 9.17) is 14.7 Å². The van der Waals surface area contributed by atoms with Crippen LogP contribution in [-0.4, -0.2) is 85.3 Å². The van der Waals surface area contributed by atoms with E-state index in [2.05, 4.69) is 89.4 Å². The number of carbonyl (C=O) groups is 2. The minimum absolute atomic E-state index is 0.0340. The van der Waals surface area contributed by atoms with E-state index in [1.165, 1.54) is 0 Å². The first kappa shape index (κ1) is 35.0. The predicted octanol–water partition coefficient (Wildman–Crippen LogP) is 7.72. The molecule has 5 aromatic rings. The molecule has 0 spiro atoms. The van der Waals surface area contributed by atoms with E-state index in [1.54, 1.807) is 0 Å². The fraction of sp³-hybridized carbons (Fsp3) is 0.395. The first-order valence-corrected chi connectivity index (χ1v) is 19.3. The largest absolute Gasteiger partial charge is 0.368 e. The molecule has 8 rings (SSSR count). The van der Waals surface area contributed by atoms with Gasteiger partial charge in [-0.2, -0.15) is 0 Å². The van der Waals surface area contributed by atoms with Crippen LogP contribution in [0.5, 0.6) is 0 Å². The zero-order chi connectivity index (χ0) is 36.3. The van der Waals surface area contributed by atoms with Crippen LogP contribution in [0.1, 0.15) is 87.7 Å². The Kier molecular flexibility index (Phi) is 10.2. The van der Waals surface area contributed by atoms with Gasteiger partial charge in [0.2, 0.25) is 5.91 Å². The molecule has 5 heterocycles. The minimum atomic E-state index is -0.309. The Morgan fingerprint density at radius 2 is 1.25 bits per heavy atom. The zero-order valence-electron chi connectivity index (χ0n) is 30.7. The average molecular weight is 712 g/mol. The number of rotatable bonds is 11. The number of carbonyl (C=O) groups excluding carboxylic acids is 2. The molecule has 53 heavy (non-hydrogen) atoms. The summed E-state index contributed by atoms with van der Waals surface area (Å²) in [5.74, 6) is 1.93. The normalized spacial score (nSPS) is 20.8. The number of H-pyrrole nitrogens is 2. The summed E-state index contributed by atoms with van der Waals surface area (Å²) in [7, 11) is 0. The zero-order valence-corrected chi connectivity index (χ0v) is 30.7. The second-order valence-electron chi connectivity index (χ2n) is 14.4. The lowest BCUT2D eigenvalue weighted by atomic mass is 10.0. The maximum atomic E-state index is 14.2. The fourth-order valence-electron chi connectivity index (χ4n) is 8.47. The van der Waals surface area contributed by atoms with E-state index in [0.717, 1.165) is 116 Å². The van der Waals surface area contributed by atoms with Crippen molar-refractivity contribution >= 4 is 11.8 Å². The maximum absolute atomic E-state index is 14.2. The van der Waals surface area contributed by atoms with Gasteiger partial charge in [0, 0.05) is 19.7 Å². The summed E-state index contributed by atoms with van der Waals surface area (Å²) in [6.07, 6.45) is 8.94. The Labute approximate surface area is 311 Å². The smallest absolute Gasteiger partial charge is 0.252 e. The van der Waals surface area contributed by atoms with Crippen LogP contribution in [0.15, 0.2) is 91.3 Å². The third-order valence-electron chi connectivity index (χ3n) is 11.4. The molecule has 3 aromatic carbocycles. The van der Waals surface area contributed by atoms with Crippen LogP contribution in [0.2, 0.25) is 0 Å². The van der Waals surface area contributed by atoms with Gasteiger partial charge in [0.15, 0.2) is 0 Å². The van der Waals surface area contributed by atoms with E-state index >= 15 is 0 Å². The van der Waals surface area contributed by atoms with Crippen LogP contribution in [0.4, 0.5) is 0 Å². The summed E-state index contributed by atoms with van der Waals surface area (Å²) in [5.41, 5.74) is 7.26. The van der Waals surface area contributed by atoms with Gasteiger partial charge < -0.3 is 24.5 Å². The van der Waals surface area contributed by atoms with Gasteiger partial charge in [0.1, 0.15) is 23.8 Å². The summed E-state index contributed by atoms with van der Waals surface area (Å²) in [6, 6.07) is 26.7. The molecule has 2 amide bonds. The standard InChI is InChI=1S/C43H49N7O3/c1-3-48(4-2)39(33-11-6-5-7-12-33)43(52)50-25-9-14-37(50)41-45-28-35(47-41)32-22-18-30(19-23-32)29-16-20-31(21-17-29)34-27-44-40(46-34)36-13-8-24-49(36)42(51)38-15-10-26-53-38/h5-7,11-12,16-23,27-28,36-39H,3-4,8-10,13-15,24-26H2,1-2H3,(H,44,46)(H,45,47)/t36-,37-,38-,39?/m0/s1. The van der Waals surface area contributed by atoms with Crippen molar-refractivity contribution < 1.29 is 14.3 Å². The molecular weight excluding hydrogens is 663 g/mol. The molecule has 10 heteroatoms. The second-order valence-corrected chi connectivity index (χ2v) is 14.4. The quantitative estimate of drug-likeness (QED) is 0.145. The molecule has 3 aliphatic heterocycles. The molecule has 2 N–H and O–H groups in total. The Morgan fingerprint density at radius 1 is 0.717 bits per heavy atom. The number of likely N-dealkylation sites (tertiary alicyclic amines) is 2. The van der Waals surface area contributed by atoms with Gasteiger partial charge in [0.05, 0.1) is 35.9 Å². The highest BCUT2D eigenvalue weighted by Crippen LogP contribution is 2.37. The third kappa shape index (κ3) is 7.05. The van der Waals surface area contributed by atoms with Crippen molar-refractivity contribution in [2.75, 3.05) is 32.8 Å². The molecule has 0 bridgehead atoms. The molecule has 4 atom stereocenters. The SMILES string of the molecule is CCN(CC)C(C(=O)N1CCC[C@H]1c1ncc(-c2ccc(-c3ccc(-c4cnc([C@@H]5CCCN5C(=O)[C@@H]5CCCO5)[nH]4)cc3)cc2)[nH]1)c1ccccc1. The second kappa shape index (κ2) is 15.5. The number of imidazole rings is 2. The van der Waals surface area contributed by atoms with Crippen molar-refractivity contribution in [2.45, 2.75) is 76.6 Å². The highest BCUT2D eigenvalue weighted by molar-refractivity contribution is 5.84. The van der Waals surface area contributed by atoms with Crippen LogP contribution < -0.4 is 0 Å². The molecule has 1 unspecified atom stereocenters. The predicted molar refractivity (Wildman–Crippen MR) is 205 cm³/mol. The van der Waals surface area contributed by atoms with Crippen molar-refractivity contribution in [1.82, 2.24) is 34.6 Å². The van der Waals surface area contributed by atoms with E-state index in [-0.39, 0.29) is 36.0 Å². The molecule has 2 aromatic heterocycles. The third-order valence-corrected chi connectivity index (χ3v) is 11.4. The van der Waals surface area contributed by atoms with E-state index in [9.17, 15) is 9.59 Å². The molecule has 0 saturated carbocycles. The van der Waals surface area contributed by atoms with Gasteiger partial charge in [0.25, 0.3) is 5.91 Å². The Morgan fingerprint density at radius 3 is 1.77 bits per heavy atom. The van der Waals surface area contributed by atoms with Gasteiger partial charge in [-0.05, 0) is 79.4 Å². The number of hydrogen-bond donors (Lipinski definition) is 2. The first-order chi connectivity index (χ1) is 26.0. The average Bonchev–Trinajstić information content (AvgIpc) is 4.06. The van der Waals surface area contributed by atoms with Gasteiger partial charge in [-0.15, -0.1) is 0 Å². The number of likely N-dealkylation sites (N-methyl/N-ethyl adjacent to an activating group) is 1. The number of aromatic amines is 2. The van der Waals surface area contributed by atoms with Crippen LogP contribution in [0.3, 0.4) is 0 Å². The van der Waals surface area contributed by atoms with Crippen LogP contribution in [-0.2, 0) is 14.3 Å². The number of amides is 2. The maximum Gasteiger partial charge on any atom is 0.252 e.